The molecule has 0 amide bonds. The minimum Gasteiger partial charge on any atom is -0.508 e. The Morgan fingerprint density at radius 3 is 2.77 bits per heavy atom. The molecule has 0 unspecified atom stereocenters. The van der Waals surface area contributed by atoms with Crippen molar-refractivity contribution in [3.05, 3.63) is 11.3 Å². The van der Waals surface area contributed by atoms with Crippen LogP contribution in [0, 0.1) is 17.2 Å². The second-order valence-corrected chi connectivity index (χ2v) is 3.22. The highest BCUT2D eigenvalue weighted by Crippen LogP contribution is 2.25. The molecule has 0 fully saturated rings. The summed E-state index contributed by atoms with van der Waals surface area (Å²) in [6.45, 7) is 3.98. The quantitative estimate of drug-likeness (QED) is 0.666. The number of amidine groups is 1. The molecule has 3 N–H and O–H groups in total. The first-order valence-corrected chi connectivity index (χ1v) is 4.28. The maximum atomic E-state index is 9.58. The molecule has 70 valence electrons. The van der Waals surface area contributed by atoms with Crippen LogP contribution in [0.5, 0.6) is 0 Å². The highest BCUT2D eigenvalue weighted by Gasteiger charge is 2.29. The van der Waals surface area contributed by atoms with Gasteiger partial charge in [0.05, 0.1) is 0 Å². The number of aliphatic hydroxyl groups excluding tert-OH is 1. The van der Waals surface area contributed by atoms with Crippen LogP contribution >= 0.6 is 0 Å². The number of aliphatic hydroxyl groups is 1. The molecule has 0 spiro atoms. The van der Waals surface area contributed by atoms with Crippen molar-refractivity contribution in [2.75, 3.05) is 0 Å². The van der Waals surface area contributed by atoms with Crippen LogP contribution in [0.1, 0.15) is 20.3 Å². The van der Waals surface area contributed by atoms with Crippen molar-refractivity contribution in [2.24, 2.45) is 16.6 Å². The molecule has 0 saturated heterocycles. The molecular formula is C9H13N3O. The monoisotopic (exact) mass is 179 g/mol. The minimum absolute atomic E-state index is 0.0225. The molecule has 0 aromatic carbocycles. The summed E-state index contributed by atoms with van der Waals surface area (Å²) in [6.07, 6.45) is 0.893. The molecule has 0 aliphatic carbocycles. The second kappa shape index (κ2) is 3.48. The van der Waals surface area contributed by atoms with Crippen LogP contribution in [-0.4, -0.2) is 17.0 Å². The summed E-state index contributed by atoms with van der Waals surface area (Å²) in [5.74, 6) is 0.393. The normalized spacial score (nSPS) is 24.1. The van der Waals surface area contributed by atoms with Crippen LogP contribution in [0.3, 0.4) is 0 Å². The van der Waals surface area contributed by atoms with Gasteiger partial charge >= 0.3 is 0 Å². The van der Waals surface area contributed by atoms with E-state index in [0.29, 0.717) is 0 Å². The molecule has 1 rings (SSSR count). The zero-order valence-corrected chi connectivity index (χ0v) is 7.78. The fourth-order valence-corrected chi connectivity index (χ4v) is 1.29. The van der Waals surface area contributed by atoms with E-state index in [2.05, 4.69) is 4.99 Å². The van der Waals surface area contributed by atoms with Crippen molar-refractivity contribution in [3.8, 4) is 6.07 Å². The predicted octanol–water partition coefficient (Wildman–Crippen LogP) is 1.11. The Bertz CT molecular complexity index is 311. The molecule has 0 aromatic rings. The Balaban J connectivity index is 2.97. The highest BCUT2D eigenvalue weighted by molar-refractivity contribution is 6.03. The number of nitrogens with two attached hydrogens (primary N) is 1. The van der Waals surface area contributed by atoms with Crippen LogP contribution < -0.4 is 5.73 Å². The summed E-state index contributed by atoms with van der Waals surface area (Å²) in [4.78, 5) is 4.04. The van der Waals surface area contributed by atoms with Gasteiger partial charge in [-0.05, 0) is 5.92 Å². The van der Waals surface area contributed by atoms with Crippen LogP contribution in [0.2, 0.25) is 0 Å². The van der Waals surface area contributed by atoms with Gasteiger partial charge in [-0.2, -0.15) is 5.26 Å². The standard InChI is InChI=1S/C9H13N3O/c1-3-5(2)7-8(13)6(4-10)9(11)12-7/h5,7,13H,3H2,1-2H3,(H2,11,12)/t5-,7-/m0/s1. The van der Waals surface area contributed by atoms with Gasteiger partial charge in [0, 0.05) is 0 Å². The van der Waals surface area contributed by atoms with Gasteiger partial charge in [0.1, 0.15) is 29.3 Å². The smallest absolute Gasteiger partial charge is 0.140 e. The molecule has 1 aliphatic rings. The zero-order chi connectivity index (χ0) is 10.0. The lowest BCUT2D eigenvalue weighted by molar-refractivity contribution is 0.326. The lowest BCUT2D eigenvalue weighted by Gasteiger charge is -2.14. The van der Waals surface area contributed by atoms with Crippen molar-refractivity contribution < 1.29 is 5.11 Å². The third kappa shape index (κ3) is 1.50. The van der Waals surface area contributed by atoms with Crippen molar-refractivity contribution in [1.82, 2.24) is 0 Å². The summed E-state index contributed by atoms with van der Waals surface area (Å²) < 4.78 is 0. The topological polar surface area (TPSA) is 82.4 Å². The van der Waals surface area contributed by atoms with Gasteiger partial charge in [-0.1, -0.05) is 20.3 Å². The number of hydrogen-bond donors (Lipinski definition) is 2. The van der Waals surface area contributed by atoms with E-state index in [1.165, 1.54) is 0 Å². The van der Waals surface area contributed by atoms with Gasteiger partial charge < -0.3 is 10.8 Å². The molecule has 2 atom stereocenters. The molecular weight excluding hydrogens is 166 g/mol. The number of nitrogens with zero attached hydrogens (tertiary/aromatic N) is 2. The lowest BCUT2D eigenvalue weighted by atomic mass is 9.98. The summed E-state index contributed by atoms with van der Waals surface area (Å²) in [5, 5.41) is 18.2. The van der Waals surface area contributed by atoms with Gasteiger partial charge in [-0.25, -0.2) is 0 Å². The van der Waals surface area contributed by atoms with Crippen molar-refractivity contribution in [1.29, 1.82) is 5.26 Å². The van der Waals surface area contributed by atoms with Crippen molar-refractivity contribution >= 4 is 5.84 Å². The molecule has 0 aromatic heterocycles. The number of hydrogen-bond acceptors (Lipinski definition) is 4. The first kappa shape index (κ1) is 9.59. The summed E-state index contributed by atoms with van der Waals surface area (Å²) in [5.41, 5.74) is 5.60. The fourth-order valence-electron chi connectivity index (χ4n) is 1.29. The zero-order valence-electron chi connectivity index (χ0n) is 7.78. The Morgan fingerprint density at radius 2 is 2.38 bits per heavy atom. The van der Waals surface area contributed by atoms with Gasteiger partial charge in [-0.3, -0.25) is 4.99 Å². The fraction of sp³-hybridized carbons (Fsp3) is 0.556. The SMILES string of the molecule is CC[C@H](C)[C@@H]1N=C(N)C(C#N)=C1O. The Hall–Kier alpha value is -1.50. The number of aliphatic imine (C=N–C) groups is 1. The van der Waals surface area contributed by atoms with Gasteiger partial charge in [-0.15, -0.1) is 0 Å². The van der Waals surface area contributed by atoms with E-state index in [9.17, 15) is 5.11 Å². The van der Waals surface area contributed by atoms with E-state index in [-0.39, 0.29) is 29.1 Å². The lowest BCUT2D eigenvalue weighted by Crippen LogP contribution is -2.16. The van der Waals surface area contributed by atoms with Crippen LogP contribution in [0.4, 0.5) is 0 Å². The van der Waals surface area contributed by atoms with Gasteiger partial charge in [0.25, 0.3) is 0 Å². The van der Waals surface area contributed by atoms with E-state index in [4.69, 9.17) is 11.0 Å². The van der Waals surface area contributed by atoms with E-state index in [1.807, 2.05) is 19.9 Å². The van der Waals surface area contributed by atoms with E-state index < -0.39 is 0 Å². The Kier molecular flexibility index (Phi) is 2.57. The highest BCUT2D eigenvalue weighted by atomic mass is 16.3. The van der Waals surface area contributed by atoms with Gasteiger partial charge in [0.2, 0.25) is 0 Å². The molecule has 0 radical (unpaired) electrons. The maximum absolute atomic E-state index is 9.58. The van der Waals surface area contributed by atoms with Crippen molar-refractivity contribution in [3.63, 3.8) is 0 Å². The Labute approximate surface area is 77.4 Å². The third-order valence-electron chi connectivity index (χ3n) is 2.37. The average Bonchev–Trinajstić information content (AvgIpc) is 2.40. The Morgan fingerprint density at radius 1 is 1.77 bits per heavy atom. The number of rotatable bonds is 2. The molecule has 1 aliphatic heterocycles. The summed E-state index contributed by atoms with van der Waals surface area (Å²) in [6, 6.07) is 1.53. The minimum atomic E-state index is -0.320. The van der Waals surface area contributed by atoms with Crippen LogP contribution in [0.25, 0.3) is 0 Å². The van der Waals surface area contributed by atoms with E-state index in [1.54, 1.807) is 0 Å². The van der Waals surface area contributed by atoms with Crippen LogP contribution in [0.15, 0.2) is 16.3 Å². The largest absolute Gasteiger partial charge is 0.508 e. The predicted molar refractivity (Wildman–Crippen MR) is 50.1 cm³/mol. The van der Waals surface area contributed by atoms with Crippen LogP contribution in [-0.2, 0) is 0 Å². The first-order chi connectivity index (χ1) is 6.11. The second-order valence-electron chi connectivity index (χ2n) is 3.22. The molecule has 1 heterocycles. The summed E-state index contributed by atoms with van der Waals surface area (Å²) >= 11 is 0. The molecule has 13 heavy (non-hydrogen) atoms. The van der Waals surface area contributed by atoms with E-state index >= 15 is 0 Å². The maximum Gasteiger partial charge on any atom is 0.140 e. The molecule has 4 heteroatoms. The first-order valence-electron chi connectivity index (χ1n) is 4.28. The third-order valence-corrected chi connectivity index (χ3v) is 2.37. The molecule has 4 nitrogen and oxygen atoms in total. The van der Waals surface area contributed by atoms with Gasteiger partial charge in [0.15, 0.2) is 0 Å². The molecule has 0 saturated carbocycles. The number of nitriles is 1. The van der Waals surface area contributed by atoms with Crippen molar-refractivity contribution in [2.45, 2.75) is 26.3 Å². The molecule has 0 bridgehead atoms. The van der Waals surface area contributed by atoms with E-state index in [0.717, 1.165) is 6.42 Å². The summed E-state index contributed by atoms with van der Waals surface area (Å²) in [7, 11) is 0. The average molecular weight is 179 g/mol.